The summed E-state index contributed by atoms with van der Waals surface area (Å²) in [5.74, 6) is 1.30. The maximum absolute atomic E-state index is 6.06. The Balaban J connectivity index is 2.09. The van der Waals surface area contributed by atoms with Crippen LogP contribution in [0.5, 0.6) is 11.6 Å². The van der Waals surface area contributed by atoms with Gasteiger partial charge in [0.25, 0.3) is 0 Å². The van der Waals surface area contributed by atoms with E-state index in [0.29, 0.717) is 5.88 Å². The van der Waals surface area contributed by atoms with Gasteiger partial charge in [-0.25, -0.2) is 4.98 Å². The molecule has 0 atom stereocenters. The normalized spacial score (nSPS) is 11.8. The van der Waals surface area contributed by atoms with E-state index in [0.717, 1.165) is 21.5 Å². The summed E-state index contributed by atoms with van der Waals surface area (Å²) >= 11 is 7.50. The zero-order chi connectivity index (χ0) is 15.0. The van der Waals surface area contributed by atoms with Crippen molar-refractivity contribution in [3.63, 3.8) is 0 Å². The third-order valence-electron chi connectivity index (χ3n) is 3.16. The van der Waals surface area contributed by atoms with Gasteiger partial charge < -0.3 is 4.74 Å². The smallest absolute Gasteiger partial charge is 0.232 e. The molecule has 3 nitrogen and oxygen atoms in total. The first-order valence-electron chi connectivity index (χ1n) is 6.63. The highest BCUT2D eigenvalue weighted by Crippen LogP contribution is 2.36. The van der Waals surface area contributed by atoms with E-state index in [9.17, 15) is 0 Å². The Kier molecular flexibility index (Phi) is 3.59. The number of aromatic nitrogens is 2. The molecule has 0 aliphatic heterocycles. The van der Waals surface area contributed by atoms with Gasteiger partial charge in [-0.3, -0.25) is 0 Å². The van der Waals surface area contributed by atoms with Crippen LogP contribution in [-0.4, -0.2) is 9.97 Å². The molecule has 0 bridgehead atoms. The van der Waals surface area contributed by atoms with E-state index in [-0.39, 0.29) is 10.7 Å². The van der Waals surface area contributed by atoms with E-state index in [1.807, 2.05) is 29.6 Å². The highest BCUT2D eigenvalue weighted by Gasteiger charge is 2.20. The van der Waals surface area contributed by atoms with Crippen LogP contribution >= 0.6 is 22.9 Å². The van der Waals surface area contributed by atoms with E-state index in [2.05, 4.69) is 36.8 Å². The number of hydrogen-bond donors (Lipinski definition) is 0. The zero-order valence-electron chi connectivity index (χ0n) is 12.1. The zero-order valence-corrected chi connectivity index (χ0v) is 13.6. The number of para-hydroxylation sites is 1. The van der Waals surface area contributed by atoms with E-state index in [1.54, 1.807) is 0 Å². The average Bonchev–Trinajstić information content (AvgIpc) is 2.86. The fourth-order valence-electron chi connectivity index (χ4n) is 2.16. The predicted octanol–water partition coefficient (Wildman–Crippen LogP) is 5.43. The highest BCUT2D eigenvalue weighted by atomic mass is 35.5. The number of halogens is 1. The number of rotatable bonds is 2. The molecule has 108 valence electrons. The summed E-state index contributed by atoms with van der Waals surface area (Å²) < 4.78 is 6.06. The van der Waals surface area contributed by atoms with Crippen molar-refractivity contribution in [2.45, 2.75) is 26.2 Å². The van der Waals surface area contributed by atoms with Gasteiger partial charge in [0.1, 0.15) is 10.6 Å². The van der Waals surface area contributed by atoms with Crippen molar-refractivity contribution in [2.24, 2.45) is 0 Å². The van der Waals surface area contributed by atoms with Gasteiger partial charge in [-0.2, -0.15) is 4.98 Å². The van der Waals surface area contributed by atoms with Crippen LogP contribution in [0.4, 0.5) is 0 Å². The van der Waals surface area contributed by atoms with Crippen LogP contribution in [0.1, 0.15) is 26.3 Å². The summed E-state index contributed by atoms with van der Waals surface area (Å²) in [6, 6.07) is 9.95. The minimum Gasteiger partial charge on any atom is -0.438 e. The Morgan fingerprint density at radius 3 is 2.62 bits per heavy atom. The fraction of sp³-hybridized carbons (Fsp3) is 0.250. The van der Waals surface area contributed by atoms with Crippen LogP contribution in [0, 0.1) is 0 Å². The molecule has 0 aliphatic carbocycles. The Bertz CT molecular complexity index is 792. The van der Waals surface area contributed by atoms with Gasteiger partial charge in [0, 0.05) is 5.56 Å². The van der Waals surface area contributed by atoms with Gasteiger partial charge in [-0.05, 0) is 34.5 Å². The van der Waals surface area contributed by atoms with Gasteiger partial charge in [0.05, 0.1) is 5.39 Å². The van der Waals surface area contributed by atoms with Gasteiger partial charge in [0.15, 0.2) is 0 Å². The Morgan fingerprint density at radius 1 is 1.10 bits per heavy atom. The lowest BCUT2D eigenvalue weighted by Crippen LogP contribution is -2.12. The molecule has 0 saturated carbocycles. The minimum atomic E-state index is -0.0127. The molecule has 0 amide bonds. The van der Waals surface area contributed by atoms with Crippen molar-refractivity contribution >= 4 is 33.2 Å². The number of thiophene rings is 1. The van der Waals surface area contributed by atoms with Crippen LogP contribution in [-0.2, 0) is 5.41 Å². The molecule has 3 aromatic rings. The predicted molar refractivity (Wildman–Crippen MR) is 87.6 cm³/mol. The molecule has 0 radical (unpaired) electrons. The maximum atomic E-state index is 6.06. The molecule has 0 aliphatic rings. The molecule has 1 aromatic carbocycles. The van der Waals surface area contributed by atoms with Crippen molar-refractivity contribution in [3.8, 4) is 11.6 Å². The second-order valence-corrected chi connectivity index (χ2v) is 7.02. The molecular weight excluding hydrogens is 304 g/mol. The van der Waals surface area contributed by atoms with E-state index in [1.165, 1.54) is 11.3 Å². The van der Waals surface area contributed by atoms with E-state index in [4.69, 9.17) is 16.3 Å². The molecule has 2 aromatic heterocycles. The third-order valence-corrected chi connectivity index (χ3v) is 4.14. The van der Waals surface area contributed by atoms with Crippen molar-refractivity contribution in [1.29, 1.82) is 0 Å². The summed E-state index contributed by atoms with van der Waals surface area (Å²) in [5.41, 5.74) is 1.12. The topological polar surface area (TPSA) is 35.0 Å². The van der Waals surface area contributed by atoms with E-state index >= 15 is 0 Å². The number of fused-ring (bicyclic) bond motifs is 1. The number of hydrogen-bond acceptors (Lipinski definition) is 4. The van der Waals surface area contributed by atoms with Crippen molar-refractivity contribution < 1.29 is 4.74 Å². The summed E-state index contributed by atoms with van der Waals surface area (Å²) in [4.78, 5) is 9.26. The second kappa shape index (κ2) is 5.28. The van der Waals surface area contributed by atoms with Gasteiger partial charge >= 0.3 is 0 Å². The molecular formula is C16H15ClN2OS. The monoisotopic (exact) mass is 318 g/mol. The molecule has 21 heavy (non-hydrogen) atoms. The molecule has 0 fully saturated rings. The quantitative estimate of drug-likeness (QED) is 0.590. The minimum absolute atomic E-state index is 0.0127. The van der Waals surface area contributed by atoms with Crippen LogP contribution in [0.2, 0.25) is 5.28 Å². The van der Waals surface area contributed by atoms with Crippen LogP contribution in [0.15, 0.2) is 35.7 Å². The summed E-state index contributed by atoms with van der Waals surface area (Å²) in [7, 11) is 0. The van der Waals surface area contributed by atoms with Crippen molar-refractivity contribution in [3.05, 3.63) is 46.6 Å². The van der Waals surface area contributed by atoms with Crippen LogP contribution < -0.4 is 4.74 Å². The standard InChI is InChI=1S/C16H15ClN2OS/c1-16(2,3)11-6-4-5-7-12(11)20-13-10-8-9-21-14(10)19-15(17)18-13/h4-9H,1-3H3. The first-order valence-corrected chi connectivity index (χ1v) is 7.89. The molecule has 3 rings (SSSR count). The molecule has 0 saturated heterocycles. The summed E-state index contributed by atoms with van der Waals surface area (Å²) in [6.45, 7) is 6.47. The summed E-state index contributed by atoms with van der Waals surface area (Å²) in [5, 5.41) is 3.04. The largest absolute Gasteiger partial charge is 0.438 e. The lowest BCUT2D eigenvalue weighted by atomic mass is 9.86. The van der Waals surface area contributed by atoms with Gasteiger partial charge in [-0.15, -0.1) is 11.3 Å². The van der Waals surface area contributed by atoms with Crippen LogP contribution in [0.3, 0.4) is 0 Å². The van der Waals surface area contributed by atoms with Crippen molar-refractivity contribution in [1.82, 2.24) is 9.97 Å². The lowest BCUT2D eigenvalue weighted by Gasteiger charge is -2.22. The first-order chi connectivity index (χ1) is 9.95. The molecule has 0 spiro atoms. The highest BCUT2D eigenvalue weighted by molar-refractivity contribution is 7.16. The second-order valence-electron chi connectivity index (χ2n) is 5.79. The Labute approximate surface area is 132 Å². The lowest BCUT2D eigenvalue weighted by molar-refractivity contribution is 0.444. The number of nitrogens with zero attached hydrogens (tertiary/aromatic N) is 2. The number of benzene rings is 1. The van der Waals surface area contributed by atoms with E-state index < -0.39 is 0 Å². The molecule has 2 heterocycles. The van der Waals surface area contributed by atoms with Gasteiger partial charge in [-0.1, -0.05) is 39.0 Å². The number of ether oxygens (including phenoxy) is 1. The third kappa shape index (κ3) is 2.87. The SMILES string of the molecule is CC(C)(C)c1ccccc1Oc1nc(Cl)nc2sccc12. The Morgan fingerprint density at radius 2 is 1.86 bits per heavy atom. The molecule has 5 heteroatoms. The van der Waals surface area contributed by atoms with Crippen molar-refractivity contribution in [2.75, 3.05) is 0 Å². The Hall–Kier alpha value is -1.65. The van der Waals surface area contributed by atoms with Crippen LogP contribution in [0.25, 0.3) is 10.2 Å². The summed E-state index contributed by atoms with van der Waals surface area (Å²) in [6.07, 6.45) is 0. The van der Waals surface area contributed by atoms with Gasteiger partial charge in [0.2, 0.25) is 11.2 Å². The first kappa shape index (κ1) is 14.3. The average molecular weight is 319 g/mol. The fourth-order valence-corrected chi connectivity index (χ4v) is 3.13. The molecule has 0 N–H and O–H groups in total. The molecule has 0 unspecified atom stereocenters. The maximum Gasteiger partial charge on any atom is 0.232 e.